The van der Waals surface area contributed by atoms with E-state index in [-0.39, 0.29) is 0 Å². The first-order valence-corrected chi connectivity index (χ1v) is 4.43. The van der Waals surface area contributed by atoms with Crippen LogP contribution < -0.4 is 0 Å². The Morgan fingerprint density at radius 2 is 2.50 bits per heavy atom. The molecule has 2 rings (SSSR count). The summed E-state index contributed by atoms with van der Waals surface area (Å²) in [5, 5.41) is 6.87. The molecule has 0 bridgehead atoms. The van der Waals surface area contributed by atoms with Gasteiger partial charge >= 0.3 is 0 Å². The number of nitrogens with one attached hydrogen (secondary N) is 1. The van der Waals surface area contributed by atoms with Gasteiger partial charge < -0.3 is 4.42 Å². The summed E-state index contributed by atoms with van der Waals surface area (Å²) in [5.74, 6) is 0.614. The fourth-order valence-corrected chi connectivity index (χ4v) is 1.38. The minimum Gasteiger partial charge on any atom is -0.463 e. The summed E-state index contributed by atoms with van der Waals surface area (Å²) in [7, 11) is 0. The summed E-state index contributed by atoms with van der Waals surface area (Å²) >= 11 is 0. The second kappa shape index (κ2) is 3.49. The molecule has 4 heteroatoms. The molecule has 0 aliphatic carbocycles. The van der Waals surface area contributed by atoms with Crippen LogP contribution in [-0.2, 0) is 6.42 Å². The maximum atomic E-state index is 10.9. The average molecular weight is 190 g/mol. The molecule has 2 aromatic heterocycles. The summed E-state index contributed by atoms with van der Waals surface area (Å²) in [6, 6.07) is 3.55. The molecule has 0 saturated heterocycles. The fourth-order valence-electron chi connectivity index (χ4n) is 1.38. The summed E-state index contributed by atoms with van der Waals surface area (Å²) in [4.78, 5) is 10.9. The topological polar surface area (TPSA) is 58.9 Å². The van der Waals surface area contributed by atoms with Crippen LogP contribution in [0.3, 0.4) is 0 Å². The number of carbonyl (C=O) groups excluding carboxylic acids is 1. The van der Waals surface area contributed by atoms with Crippen LogP contribution in [0.25, 0.3) is 11.5 Å². The van der Waals surface area contributed by atoms with E-state index in [0.717, 1.165) is 18.4 Å². The minimum absolute atomic E-state index is 0.585. The van der Waals surface area contributed by atoms with E-state index in [9.17, 15) is 4.79 Å². The highest BCUT2D eigenvalue weighted by Gasteiger charge is 2.14. The standard InChI is InChI=1S/C10H10N2O2/c1-2-8-7(6-13)10(12-11-8)9-4-3-5-14-9/h3-6H,2H2,1H3,(H,11,12). The zero-order valence-electron chi connectivity index (χ0n) is 7.78. The lowest BCUT2D eigenvalue weighted by atomic mass is 10.1. The summed E-state index contributed by atoms with van der Waals surface area (Å²) < 4.78 is 5.18. The van der Waals surface area contributed by atoms with Crippen LogP contribution in [0.5, 0.6) is 0 Å². The van der Waals surface area contributed by atoms with Gasteiger partial charge in [-0.05, 0) is 18.6 Å². The van der Waals surface area contributed by atoms with Crippen molar-refractivity contribution in [3.05, 3.63) is 29.7 Å². The SMILES string of the molecule is CCc1[nH]nc(-c2ccco2)c1C=O. The molecule has 2 aromatic rings. The largest absolute Gasteiger partial charge is 0.463 e. The Hall–Kier alpha value is -1.84. The van der Waals surface area contributed by atoms with Crippen molar-refractivity contribution in [1.82, 2.24) is 10.2 Å². The van der Waals surface area contributed by atoms with Crippen LogP contribution >= 0.6 is 0 Å². The van der Waals surface area contributed by atoms with Gasteiger partial charge in [0.1, 0.15) is 5.69 Å². The lowest BCUT2D eigenvalue weighted by Crippen LogP contribution is -1.88. The van der Waals surface area contributed by atoms with E-state index >= 15 is 0 Å². The summed E-state index contributed by atoms with van der Waals surface area (Å²) in [5.41, 5.74) is 2.01. The van der Waals surface area contributed by atoms with Gasteiger partial charge in [0.25, 0.3) is 0 Å². The molecule has 1 N–H and O–H groups in total. The number of H-pyrrole nitrogens is 1. The van der Waals surface area contributed by atoms with Gasteiger partial charge in [-0.15, -0.1) is 0 Å². The molecule has 72 valence electrons. The Bertz CT molecular complexity index is 429. The number of furan rings is 1. The van der Waals surface area contributed by atoms with Crippen molar-refractivity contribution in [3.8, 4) is 11.5 Å². The first-order valence-electron chi connectivity index (χ1n) is 4.43. The fraction of sp³-hybridized carbons (Fsp3) is 0.200. The van der Waals surface area contributed by atoms with Gasteiger partial charge in [0.15, 0.2) is 12.0 Å². The Kier molecular flexibility index (Phi) is 2.18. The third-order valence-electron chi connectivity index (χ3n) is 2.11. The number of carbonyl (C=O) groups is 1. The minimum atomic E-state index is 0.585. The number of hydrogen-bond donors (Lipinski definition) is 1. The Morgan fingerprint density at radius 3 is 3.07 bits per heavy atom. The lowest BCUT2D eigenvalue weighted by Gasteiger charge is -1.92. The van der Waals surface area contributed by atoms with Crippen LogP contribution in [0.1, 0.15) is 23.0 Å². The number of aromatic nitrogens is 2. The van der Waals surface area contributed by atoms with Gasteiger partial charge in [-0.1, -0.05) is 6.92 Å². The predicted molar refractivity (Wildman–Crippen MR) is 51.1 cm³/mol. The Labute approximate surface area is 80.9 Å². The highest BCUT2D eigenvalue weighted by Crippen LogP contribution is 2.22. The molecule has 0 fully saturated rings. The Balaban J connectivity index is 2.54. The molecule has 14 heavy (non-hydrogen) atoms. The maximum Gasteiger partial charge on any atom is 0.154 e. The summed E-state index contributed by atoms with van der Waals surface area (Å²) in [6.45, 7) is 1.96. The number of aryl methyl sites for hydroxylation is 1. The second-order valence-corrected chi connectivity index (χ2v) is 2.91. The van der Waals surface area contributed by atoms with Crippen LogP contribution in [0, 0.1) is 0 Å². The van der Waals surface area contributed by atoms with Crippen molar-refractivity contribution in [2.24, 2.45) is 0 Å². The monoisotopic (exact) mass is 190 g/mol. The van der Waals surface area contributed by atoms with Crippen molar-refractivity contribution >= 4 is 6.29 Å². The lowest BCUT2D eigenvalue weighted by molar-refractivity contribution is 0.112. The van der Waals surface area contributed by atoms with Crippen molar-refractivity contribution < 1.29 is 9.21 Å². The second-order valence-electron chi connectivity index (χ2n) is 2.91. The predicted octanol–water partition coefficient (Wildman–Crippen LogP) is 2.04. The first kappa shape index (κ1) is 8.74. The highest BCUT2D eigenvalue weighted by atomic mass is 16.3. The highest BCUT2D eigenvalue weighted by molar-refractivity contribution is 5.85. The van der Waals surface area contributed by atoms with E-state index in [4.69, 9.17) is 4.42 Å². The maximum absolute atomic E-state index is 10.9. The van der Waals surface area contributed by atoms with Gasteiger partial charge in [0.2, 0.25) is 0 Å². The third kappa shape index (κ3) is 1.25. The van der Waals surface area contributed by atoms with E-state index in [1.165, 1.54) is 0 Å². The molecular formula is C10H10N2O2. The molecule has 0 aliphatic rings. The molecular weight excluding hydrogens is 180 g/mol. The molecule has 0 unspecified atom stereocenters. The molecule has 0 saturated carbocycles. The van der Waals surface area contributed by atoms with Crippen LogP contribution in [-0.4, -0.2) is 16.5 Å². The van der Waals surface area contributed by atoms with Crippen LogP contribution in [0.15, 0.2) is 22.8 Å². The molecule has 4 nitrogen and oxygen atoms in total. The van der Waals surface area contributed by atoms with Gasteiger partial charge in [0, 0.05) is 5.69 Å². The number of rotatable bonds is 3. The van der Waals surface area contributed by atoms with Crippen molar-refractivity contribution in [1.29, 1.82) is 0 Å². The molecule has 0 aromatic carbocycles. The van der Waals surface area contributed by atoms with Crippen molar-refractivity contribution in [3.63, 3.8) is 0 Å². The molecule has 2 heterocycles. The van der Waals surface area contributed by atoms with Gasteiger partial charge in [-0.25, -0.2) is 0 Å². The van der Waals surface area contributed by atoms with E-state index in [1.807, 2.05) is 6.92 Å². The molecule has 0 radical (unpaired) electrons. The molecule has 0 amide bonds. The number of aldehydes is 1. The zero-order chi connectivity index (χ0) is 9.97. The molecule has 0 spiro atoms. The van der Waals surface area contributed by atoms with Crippen molar-refractivity contribution in [2.75, 3.05) is 0 Å². The summed E-state index contributed by atoms with van der Waals surface area (Å²) in [6.07, 6.45) is 3.12. The van der Waals surface area contributed by atoms with Crippen molar-refractivity contribution in [2.45, 2.75) is 13.3 Å². The van der Waals surface area contributed by atoms with E-state index in [2.05, 4.69) is 10.2 Å². The van der Waals surface area contributed by atoms with E-state index in [0.29, 0.717) is 17.0 Å². The molecule has 0 aliphatic heterocycles. The van der Waals surface area contributed by atoms with Crippen LogP contribution in [0.4, 0.5) is 0 Å². The van der Waals surface area contributed by atoms with Crippen LogP contribution in [0.2, 0.25) is 0 Å². The number of nitrogens with zero attached hydrogens (tertiary/aromatic N) is 1. The van der Waals surface area contributed by atoms with E-state index < -0.39 is 0 Å². The van der Waals surface area contributed by atoms with E-state index in [1.54, 1.807) is 18.4 Å². The zero-order valence-corrected chi connectivity index (χ0v) is 7.78. The van der Waals surface area contributed by atoms with Gasteiger partial charge in [-0.2, -0.15) is 5.10 Å². The quantitative estimate of drug-likeness (QED) is 0.753. The van der Waals surface area contributed by atoms with Gasteiger partial charge in [-0.3, -0.25) is 9.89 Å². The average Bonchev–Trinajstić information content (AvgIpc) is 2.85. The smallest absolute Gasteiger partial charge is 0.154 e. The number of hydrogen-bond acceptors (Lipinski definition) is 3. The van der Waals surface area contributed by atoms with Gasteiger partial charge in [0.05, 0.1) is 11.8 Å². The molecule has 0 atom stereocenters. The third-order valence-corrected chi connectivity index (χ3v) is 2.11. The first-order chi connectivity index (χ1) is 6.86. The number of aromatic amines is 1. The Morgan fingerprint density at radius 1 is 1.64 bits per heavy atom. The normalized spacial score (nSPS) is 10.4.